The van der Waals surface area contributed by atoms with Crippen LogP contribution in [0.4, 0.5) is 10.5 Å². The van der Waals surface area contributed by atoms with E-state index in [1.54, 1.807) is 0 Å². The summed E-state index contributed by atoms with van der Waals surface area (Å²) < 4.78 is 0. The molecule has 2 saturated heterocycles. The minimum atomic E-state index is -0.0868. The zero-order valence-corrected chi connectivity index (χ0v) is 16.0. The number of piperidine rings is 2. The summed E-state index contributed by atoms with van der Waals surface area (Å²) in [6, 6.07) is 19.9. The molecule has 27 heavy (non-hydrogen) atoms. The number of hydrogen-bond donors (Lipinski definition) is 2. The van der Waals surface area contributed by atoms with Gasteiger partial charge in [0.15, 0.2) is 0 Å². The second-order valence-corrected chi connectivity index (χ2v) is 8.03. The lowest BCUT2D eigenvalue weighted by Gasteiger charge is -2.49. The van der Waals surface area contributed by atoms with Crippen molar-refractivity contribution in [2.45, 2.75) is 63.7 Å². The van der Waals surface area contributed by atoms with Gasteiger partial charge in [0.25, 0.3) is 0 Å². The topological polar surface area (TPSA) is 44.4 Å². The molecule has 2 aliphatic rings. The van der Waals surface area contributed by atoms with E-state index in [1.807, 2.05) is 30.3 Å². The van der Waals surface area contributed by atoms with E-state index in [-0.39, 0.29) is 12.1 Å². The van der Waals surface area contributed by atoms with Gasteiger partial charge in [-0.1, -0.05) is 54.4 Å². The molecule has 2 aliphatic heterocycles. The molecule has 142 valence electrons. The number of benzene rings is 2. The number of para-hydroxylation sites is 1. The number of urea groups is 1. The minimum absolute atomic E-state index is 0.0868. The van der Waals surface area contributed by atoms with E-state index in [0.29, 0.717) is 12.1 Å². The highest BCUT2D eigenvalue weighted by molar-refractivity contribution is 5.89. The number of amides is 2. The lowest BCUT2D eigenvalue weighted by molar-refractivity contribution is 0.0200. The molecule has 2 bridgehead atoms. The van der Waals surface area contributed by atoms with Crippen molar-refractivity contribution >= 4 is 11.7 Å². The van der Waals surface area contributed by atoms with E-state index in [9.17, 15) is 4.79 Å². The van der Waals surface area contributed by atoms with Crippen LogP contribution in [-0.2, 0) is 6.54 Å². The number of anilines is 1. The fraction of sp³-hybridized carbons (Fsp3) is 0.435. The second-order valence-electron chi connectivity index (χ2n) is 8.03. The third-order valence-corrected chi connectivity index (χ3v) is 5.98. The van der Waals surface area contributed by atoms with E-state index in [2.05, 4.69) is 46.7 Å². The number of fused-ring (bicyclic) bond motifs is 2. The Kier molecular flexibility index (Phi) is 5.44. The Bertz CT molecular complexity index is 745. The molecule has 0 aromatic heterocycles. The van der Waals surface area contributed by atoms with Gasteiger partial charge in [-0.25, -0.2) is 4.79 Å². The molecule has 2 heterocycles. The fourth-order valence-electron chi connectivity index (χ4n) is 4.63. The van der Waals surface area contributed by atoms with Crippen molar-refractivity contribution in [1.29, 1.82) is 0 Å². The van der Waals surface area contributed by atoms with Crippen LogP contribution in [-0.4, -0.2) is 29.1 Å². The number of nitrogens with one attached hydrogen (secondary N) is 2. The molecule has 0 saturated carbocycles. The molecule has 4 nitrogen and oxygen atoms in total. The molecule has 0 spiro atoms. The van der Waals surface area contributed by atoms with E-state index in [1.165, 1.54) is 30.4 Å². The Morgan fingerprint density at radius 1 is 1.00 bits per heavy atom. The highest BCUT2D eigenvalue weighted by Crippen LogP contribution is 2.35. The highest BCUT2D eigenvalue weighted by Gasteiger charge is 2.38. The predicted octanol–water partition coefficient (Wildman–Crippen LogP) is 4.70. The Hall–Kier alpha value is -2.33. The Morgan fingerprint density at radius 3 is 2.33 bits per heavy atom. The molecule has 4 heteroatoms. The molecule has 1 unspecified atom stereocenters. The second kappa shape index (κ2) is 8.13. The van der Waals surface area contributed by atoms with Crippen LogP contribution >= 0.6 is 0 Å². The van der Waals surface area contributed by atoms with E-state index in [4.69, 9.17) is 0 Å². The maximum absolute atomic E-state index is 12.4. The fourth-order valence-corrected chi connectivity index (χ4v) is 4.63. The first-order valence-corrected chi connectivity index (χ1v) is 10.1. The quantitative estimate of drug-likeness (QED) is 0.827. The van der Waals surface area contributed by atoms with E-state index in [0.717, 1.165) is 25.1 Å². The predicted molar refractivity (Wildman–Crippen MR) is 110 cm³/mol. The summed E-state index contributed by atoms with van der Waals surface area (Å²) in [6.45, 7) is 3.16. The SMILES string of the molecule is Cc1ccc(CN2[C@@H]3CCC[C@H]2CC(NC(=O)Nc2ccccc2)C3)cc1. The van der Waals surface area contributed by atoms with Crippen molar-refractivity contribution in [2.75, 3.05) is 5.32 Å². The number of nitrogens with zero attached hydrogens (tertiary/aromatic N) is 1. The summed E-state index contributed by atoms with van der Waals surface area (Å²) in [6.07, 6.45) is 5.87. The van der Waals surface area contributed by atoms with Gasteiger partial charge in [-0.2, -0.15) is 0 Å². The van der Waals surface area contributed by atoms with Crippen molar-refractivity contribution in [3.63, 3.8) is 0 Å². The van der Waals surface area contributed by atoms with Gasteiger partial charge in [0.1, 0.15) is 0 Å². The van der Waals surface area contributed by atoms with Gasteiger partial charge in [-0.3, -0.25) is 4.90 Å². The molecule has 2 aromatic carbocycles. The van der Waals surface area contributed by atoms with E-state index >= 15 is 0 Å². The first-order chi connectivity index (χ1) is 13.2. The third-order valence-electron chi connectivity index (χ3n) is 5.98. The Balaban J connectivity index is 1.36. The number of rotatable bonds is 4. The maximum Gasteiger partial charge on any atom is 0.319 e. The summed E-state index contributed by atoms with van der Waals surface area (Å²) in [5, 5.41) is 6.16. The van der Waals surface area contributed by atoms with Crippen molar-refractivity contribution in [3.8, 4) is 0 Å². The molecule has 2 aromatic rings. The average molecular weight is 364 g/mol. The molecule has 0 radical (unpaired) electrons. The first-order valence-electron chi connectivity index (χ1n) is 10.1. The molecular weight excluding hydrogens is 334 g/mol. The molecular formula is C23H29N3O. The van der Waals surface area contributed by atoms with Crippen LogP contribution < -0.4 is 10.6 Å². The average Bonchev–Trinajstić information content (AvgIpc) is 2.65. The largest absolute Gasteiger partial charge is 0.335 e. The monoisotopic (exact) mass is 363 g/mol. The Morgan fingerprint density at radius 2 is 1.67 bits per heavy atom. The highest BCUT2D eigenvalue weighted by atomic mass is 16.2. The van der Waals surface area contributed by atoms with Gasteiger partial charge in [0.05, 0.1) is 0 Å². The molecule has 2 amide bonds. The van der Waals surface area contributed by atoms with Crippen LogP contribution in [0.5, 0.6) is 0 Å². The minimum Gasteiger partial charge on any atom is -0.335 e. The van der Waals surface area contributed by atoms with Crippen molar-refractivity contribution in [2.24, 2.45) is 0 Å². The number of carbonyl (C=O) groups excluding carboxylic acids is 1. The molecule has 4 rings (SSSR count). The van der Waals surface area contributed by atoms with Crippen molar-refractivity contribution in [1.82, 2.24) is 10.2 Å². The van der Waals surface area contributed by atoms with Crippen LogP contribution in [0, 0.1) is 6.92 Å². The normalized spacial score (nSPS) is 25.0. The molecule has 2 fully saturated rings. The van der Waals surface area contributed by atoms with Gasteiger partial charge in [0, 0.05) is 30.4 Å². The maximum atomic E-state index is 12.4. The van der Waals surface area contributed by atoms with Crippen molar-refractivity contribution < 1.29 is 4.79 Å². The summed E-state index contributed by atoms with van der Waals surface area (Å²) in [5.74, 6) is 0. The van der Waals surface area contributed by atoms with Gasteiger partial charge in [-0.15, -0.1) is 0 Å². The van der Waals surface area contributed by atoms with Gasteiger partial charge in [-0.05, 0) is 50.3 Å². The van der Waals surface area contributed by atoms with Crippen LogP contribution in [0.3, 0.4) is 0 Å². The standard InChI is InChI=1S/C23H29N3O/c1-17-10-12-18(13-11-17)16-26-21-8-5-9-22(26)15-20(14-21)25-23(27)24-19-6-3-2-4-7-19/h2-4,6-7,10-13,20-22H,5,8-9,14-16H2,1H3,(H2,24,25,27)/t20?,21-,22+. The first kappa shape index (κ1) is 18.1. The smallest absolute Gasteiger partial charge is 0.319 e. The van der Waals surface area contributed by atoms with Gasteiger partial charge >= 0.3 is 6.03 Å². The zero-order chi connectivity index (χ0) is 18.6. The van der Waals surface area contributed by atoms with Crippen LogP contribution in [0.2, 0.25) is 0 Å². The molecule has 0 aliphatic carbocycles. The number of aryl methyl sites for hydroxylation is 1. The molecule has 2 N–H and O–H groups in total. The lowest BCUT2D eigenvalue weighted by Crippen LogP contribution is -2.56. The van der Waals surface area contributed by atoms with Crippen molar-refractivity contribution in [3.05, 3.63) is 65.7 Å². The van der Waals surface area contributed by atoms with Gasteiger partial charge < -0.3 is 10.6 Å². The lowest BCUT2D eigenvalue weighted by atomic mass is 9.81. The van der Waals surface area contributed by atoms with E-state index < -0.39 is 0 Å². The summed E-state index contributed by atoms with van der Waals surface area (Å²) in [5.41, 5.74) is 3.55. The number of carbonyl (C=O) groups is 1. The van der Waals surface area contributed by atoms with Gasteiger partial charge in [0.2, 0.25) is 0 Å². The number of hydrogen-bond acceptors (Lipinski definition) is 2. The summed E-state index contributed by atoms with van der Waals surface area (Å²) in [4.78, 5) is 15.1. The third kappa shape index (κ3) is 4.51. The summed E-state index contributed by atoms with van der Waals surface area (Å²) in [7, 11) is 0. The Labute approximate surface area is 162 Å². The summed E-state index contributed by atoms with van der Waals surface area (Å²) >= 11 is 0. The van der Waals surface area contributed by atoms with Crippen LogP contribution in [0.25, 0.3) is 0 Å². The van der Waals surface area contributed by atoms with Crippen LogP contribution in [0.15, 0.2) is 54.6 Å². The zero-order valence-electron chi connectivity index (χ0n) is 16.0. The molecule has 3 atom stereocenters. The van der Waals surface area contributed by atoms with Crippen LogP contribution in [0.1, 0.15) is 43.2 Å².